The summed E-state index contributed by atoms with van der Waals surface area (Å²) in [6.45, 7) is 0. The predicted octanol–water partition coefficient (Wildman–Crippen LogP) is 2.21. The molecule has 3 nitrogen and oxygen atoms in total. The number of benzene rings is 1. The Balaban J connectivity index is 0.000000853. The number of aromatic amines is 1. The summed E-state index contributed by atoms with van der Waals surface area (Å²) in [5.74, 6) is 0. The van der Waals surface area contributed by atoms with Crippen molar-refractivity contribution in [2.75, 3.05) is 5.43 Å². The van der Waals surface area contributed by atoms with E-state index in [1.165, 1.54) is 5.39 Å². The molecule has 0 unspecified atom stereocenters. The van der Waals surface area contributed by atoms with Gasteiger partial charge in [-0.3, -0.25) is 5.43 Å². The van der Waals surface area contributed by atoms with Crippen LogP contribution < -0.4 is 5.43 Å². The van der Waals surface area contributed by atoms with E-state index in [2.05, 4.69) is 33.7 Å². The Morgan fingerprint density at radius 1 is 1.13 bits per heavy atom. The third kappa shape index (κ3) is 1.67. The third-order valence-corrected chi connectivity index (χ3v) is 2.38. The Labute approximate surface area is 104 Å². The van der Waals surface area contributed by atoms with Crippen LogP contribution in [0.25, 0.3) is 17.0 Å². The molecule has 1 aliphatic rings. The van der Waals surface area contributed by atoms with Crippen LogP contribution in [0.15, 0.2) is 35.6 Å². The van der Waals surface area contributed by atoms with Crippen LogP contribution in [0.3, 0.4) is 0 Å². The number of nitrogens with zero attached hydrogens (tertiary/aromatic N) is 1. The van der Waals surface area contributed by atoms with Crippen LogP contribution >= 0.6 is 0 Å². The Bertz CT molecular complexity index is 540. The van der Waals surface area contributed by atoms with Gasteiger partial charge in [0.25, 0.3) is 0 Å². The van der Waals surface area contributed by atoms with Crippen molar-refractivity contribution < 1.29 is 0 Å². The second kappa shape index (κ2) is 4.10. The maximum absolute atomic E-state index is 4.07. The third-order valence-electron chi connectivity index (χ3n) is 2.38. The van der Waals surface area contributed by atoms with Gasteiger partial charge in [-0.15, -0.1) is 0 Å². The normalized spacial score (nSPS) is 12.8. The van der Waals surface area contributed by atoms with E-state index in [1.54, 1.807) is 6.21 Å². The van der Waals surface area contributed by atoms with Gasteiger partial charge in [-0.05, 0) is 18.2 Å². The first-order valence-electron chi connectivity index (χ1n) is 4.51. The van der Waals surface area contributed by atoms with E-state index in [0.29, 0.717) is 0 Å². The molecule has 72 valence electrons. The van der Waals surface area contributed by atoms with Crippen molar-refractivity contribution in [1.82, 2.24) is 4.98 Å². The molecule has 0 spiro atoms. The van der Waals surface area contributed by atoms with E-state index in [1.807, 2.05) is 18.3 Å². The van der Waals surface area contributed by atoms with Gasteiger partial charge in [0.2, 0.25) is 0 Å². The van der Waals surface area contributed by atoms with Crippen molar-refractivity contribution in [3.8, 4) is 0 Å². The molecule has 0 fully saturated rings. The first-order valence-corrected chi connectivity index (χ1v) is 4.51. The van der Waals surface area contributed by atoms with Gasteiger partial charge >= 0.3 is 0 Å². The van der Waals surface area contributed by atoms with Crippen molar-refractivity contribution in [3.05, 3.63) is 36.0 Å². The molecule has 0 saturated heterocycles. The van der Waals surface area contributed by atoms with Gasteiger partial charge in [-0.2, -0.15) is 5.10 Å². The molecule has 0 aliphatic carbocycles. The zero-order valence-corrected chi connectivity index (χ0v) is 10.8. The number of hydrogen-bond acceptors (Lipinski definition) is 2. The number of aromatic nitrogens is 1. The van der Waals surface area contributed by atoms with Crippen molar-refractivity contribution in [2.24, 2.45) is 5.10 Å². The van der Waals surface area contributed by atoms with E-state index in [0.717, 1.165) is 16.8 Å². The summed E-state index contributed by atoms with van der Waals surface area (Å²) in [5, 5.41) is 5.24. The number of rotatable bonds is 0. The Kier molecular flexibility index (Phi) is 2.81. The summed E-state index contributed by atoms with van der Waals surface area (Å²) in [6, 6.07) is 6.20. The van der Waals surface area contributed by atoms with E-state index in [4.69, 9.17) is 0 Å². The molecule has 1 aromatic heterocycles. The summed E-state index contributed by atoms with van der Waals surface area (Å²) >= 11 is 0. The SMILES string of the molecule is C1=Cc2ccc3[nH]ccc3c2NN=C1.[Sn]. The molecular weight excluding hydrogens is 293 g/mol. The molecule has 2 heterocycles. The van der Waals surface area contributed by atoms with Crippen LogP contribution in [-0.2, 0) is 0 Å². The minimum absolute atomic E-state index is 0. The van der Waals surface area contributed by atoms with Gasteiger partial charge < -0.3 is 4.98 Å². The molecule has 1 aromatic carbocycles. The molecule has 0 amide bonds. The van der Waals surface area contributed by atoms with Crippen LogP contribution in [0, 0.1) is 0 Å². The number of H-pyrrole nitrogens is 1. The average molecular weight is 302 g/mol. The van der Waals surface area contributed by atoms with Crippen LogP contribution in [0.1, 0.15) is 5.56 Å². The van der Waals surface area contributed by atoms with Crippen molar-refractivity contribution in [1.29, 1.82) is 0 Å². The summed E-state index contributed by atoms with van der Waals surface area (Å²) in [4.78, 5) is 3.17. The summed E-state index contributed by atoms with van der Waals surface area (Å²) in [6.07, 6.45) is 7.66. The van der Waals surface area contributed by atoms with Gasteiger partial charge in [0.05, 0.1) is 5.69 Å². The van der Waals surface area contributed by atoms with Crippen molar-refractivity contribution >= 4 is 52.8 Å². The first kappa shape index (κ1) is 10.3. The second-order valence-corrected chi connectivity index (χ2v) is 3.22. The number of hydrogen-bond donors (Lipinski definition) is 2. The molecule has 4 radical (unpaired) electrons. The molecule has 0 bridgehead atoms. The average Bonchev–Trinajstić information content (AvgIpc) is 2.55. The molecule has 4 heteroatoms. The van der Waals surface area contributed by atoms with E-state index in [-0.39, 0.29) is 23.9 Å². The fraction of sp³-hybridized carbons (Fsp3) is 0. The van der Waals surface area contributed by atoms with Gasteiger partial charge in [0.1, 0.15) is 0 Å². The number of hydrazone groups is 1. The maximum atomic E-state index is 4.07. The van der Waals surface area contributed by atoms with Crippen LogP contribution in [0.2, 0.25) is 0 Å². The molecule has 2 N–H and O–H groups in total. The zero-order valence-electron chi connectivity index (χ0n) is 7.99. The summed E-state index contributed by atoms with van der Waals surface area (Å²) in [7, 11) is 0. The minimum atomic E-state index is 0. The van der Waals surface area contributed by atoms with Crippen molar-refractivity contribution in [2.45, 2.75) is 0 Å². The van der Waals surface area contributed by atoms with Gasteiger partial charge in [-0.1, -0.05) is 12.1 Å². The fourth-order valence-electron chi connectivity index (χ4n) is 1.71. The first-order chi connectivity index (χ1) is 6.95. The predicted molar refractivity (Wildman–Crippen MR) is 65.2 cm³/mol. The number of nitrogens with one attached hydrogen (secondary N) is 2. The Hall–Kier alpha value is -1.23. The Morgan fingerprint density at radius 2 is 2.07 bits per heavy atom. The van der Waals surface area contributed by atoms with Crippen LogP contribution in [0.4, 0.5) is 5.69 Å². The van der Waals surface area contributed by atoms with E-state index in [9.17, 15) is 0 Å². The molecule has 3 rings (SSSR count). The smallest absolute Gasteiger partial charge is 0.0727 e. The minimum Gasteiger partial charge on any atom is -0.361 e. The number of anilines is 1. The van der Waals surface area contributed by atoms with Crippen LogP contribution in [-0.4, -0.2) is 35.1 Å². The molecule has 2 aromatic rings. The molecule has 0 atom stereocenters. The summed E-state index contributed by atoms with van der Waals surface area (Å²) in [5.41, 5.74) is 6.39. The van der Waals surface area contributed by atoms with Gasteiger partial charge in [-0.25, -0.2) is 0 Å². The summed E-state index contributed by atoms with van der Waals surface area (Å²) < 4.78 is 0. The molecular formula is C11H9N3Sn. The monoisotopic (exact) mass is 303 g/mol. The Morgan fingerprint density at radius 3 is 3.00 bits per heavy atom. The maximum Gasteiger partial charge on any atom is 0.0727 e. The fourth-order valence-corrected chi connectivity index (χ4v) is 1.71. The second-order valence-electron chi connectivity index (χ2n) is 3.22. The van der Waals surface area contributed by atoms with Crippen molar-refractivity contribution in [3.63, 3.8) is 0 Å². The standard InChI is InChI=1S/C11H9N3.Sn/c1-2-8-3-4-10-9(5-7-12-10)11(8)14-13-6-1;/h1-7,12,14H;. The largest absolute Gasteiger partial charge is 0.361 e. The topological polar surface area (TPSA) is 40.2 Å². The number of fused-ring (bicyclic) bond motifs is 3. The van der Waals surface area contributed by atoms with Crippen LogP contribution in [0.5, 0.6) is 0 Å². The quantitative estimate of drug-likeness (QED) is 0.720. The van der Waals surface area contributed by atoms with Gasteiger partial charge in [0.15, 0.2) is 0 Å². The van der Waals surface area contributed by atoms with E-state index >= 15 is 0 Å². The van der Waals surface area contributed by atoms with Gasteiger partial charge in [0, 0.05) is 52.8 Å². The molecule has 15 heavy (non-hydrogen) atoms. The zero-order chi connectivity index (χ0) is 9.38. The van der Waals surface area contributed by atoms with E-state index < -0.39 is 0 Å². The number of allylic oxidation sites excluding steroid dienone is 1. The molecule has 1 aliphatic heterocycles. The molecule has 0 saturated carbocycles.